The summed E-state index contributed by atoms with van der Waals surface area (Å²) in [4.78, 5) is 12.2. The van der Waals surface area contributed by atoms with Crippen LogP contribution in [-0.4, -0.2) is 28.5 Å². The highest BCUT2D eigenvalue weighted by Gasteiger charge is 2.73. The second-order valence-electron chi connectivity index (χ2n) is 6.67. The Balaban J connectivity index is 2.04. The van der Waals surface area contributed by atoms with Crippen LogP contribution in [0.25, 0.3) is 0 Å². The molecule has 3 fully saturated rings. The lowest BCUT2D eigenvalue weighted by molar-refractivity contribution is 0.0568. The minimum Gasteiger partial charge on any atom is -0.442 e. The van der Waals surface area contributed by atoms with Crippen molar-refractivity contribution in [1.82, 2.24) is 5.01 Å². The third-order valence-corrected chi connectivity index (χ3v) is 5.89. The predicted molar refractivity (Wildman–Crippen MR) is 74.0 cm³/mol. The van der Waals surface area contributed by atoms with Gasteiger partial charge in [0.25, 0.3) is 0 Å². The number of hydrogen-bond donors (Lipinski definition) is 0. The highest BCUT2D eigenvalue weighted by molar-refractivity contribution is 5.85. The lowest BCUT2D eigenvalue weighted by atomic mass is 9.75. The zero-order valence-corrected chi connectivity index (χ0v) is 12.4. The van der Waals surface area contributed by atoms with E-state index in [0.717, 1.165) is 31.4 Å². The van der Waals surface area contributed by atoms with Gasteiger partial charge in [-0.15, -0.1) is 0 Å². The summed E-state index contributed by atoms with van der Waals surface area (Å²) in [6, 6.07) is 0. The van der Waals surface area contributed by atoms with Crippen LogP contribution in [0.4, 0.5) is 4.79 Å². The van der Waals surface area contributed by atoms with E-state index in [1.165, 1.54) is 6.42 Å². The Hall–Kier alpha value is -1.06. The molecule has 0 aromatic carbocycles. The second-order valence-corrected chi connectivity index (χ2v) is 6.67. The third-order valence-electron chi connectivity index (χ3n) is 5.89. The first-order chi connectivity index (χ1) is 8.97. The number of rotatable bonds is 3. The molecule has 1 saturated heterocycles. The van der Waals surface area contributed by atoms with Crippen LogP contribution in [0.1, 0.15) is 59.8 Å². The Morgan fingerprint density at radius 2 is 2.11 bits per heavy atom. The largest absolute Gasteiger partial charge is 0.442 e. The van der Waals surface area contributed by atoms with Crippen LogP contribution in [0.15, 0.2) is 5.10 Å². The first kappa shape index (κ1) is 12.9. The number of hydrogen-bond acceptors (Lipinski definition) is 3. The summed E-state index contributed by atoms with van der Waals surface area (Å²) in [5.74, 6) is 0.662. The van der Waals surface area contributed by atoms with Gasteiger partial charge in [0.15, 0.2) is 0 Å². The van der Waals surface area contributed by atoms with Crippen LogP contribution in [-0.2, 0) is 4.74 Å². The summed E-state index contributed by atoms with van der Waals surface area (Å²) in [6.07, 6.45) is 4.84. The number of fused-ring (bicyclic) bond motifs is 1. The summed E-state index contributed by atoms with van der Waals surface area (Å²) < 4.78 is 5.63. The van der Waals surface area contributed by atoms with E-state index in [4.69, 9.17) is 4.74 Å². The van der Waals surface area contributed by atoms with E-state index in [0.29, 0.717) is 5.92 Å². The summed E-state index contributed by atoms with van der Waals surface area (Å²) in [7, 11) is 0. The van der Waals surface area contributed by atoms with Crippen molar-refractivity contribution < 1.29 is 9.53 Å². The molecule has 3 unspecified atom stereocenters. The van der Waals surface area contributed by atoms with E-state index >= 15 is 0 Å². The maximum Gasteiger partial charge on any atom is 0.431 e. The van der Waals surface area contributed by atoms with Crippen molar-refractivity contribution in [3.63, 3.8) is 0 Å². The number of carbonyl (C=O) groups is 1. The van der Waals surface area contributed by atoms with Crippen molar-refractivity contribution in [2.45, 2.75) is 71.4 Å². The molecule has 0 aromatic rings. The fraction of sp³-hybridized carbons (Fsp3) is 0.867. The molecule has 0 radical (unpaired) electrons. The van der Waals surface area contributed by atoms with Gasteiger partial charge in [-0.3, -0.25) is 0 Å². The quantitative estimate of drug-likeness (QED) is 0.731. The molecule has 0 aromatic heterocycles. The van der Waals surface area contributed by atoms with Crippen molar-refractivity contribution in [3.8, 4) is 0 Å². The Morgan fingerprint density at radius 3 is 2.68 bits per heavy atom. The molecule has 3 atom stereocenters. The Bertz CT molecular complexity index is 437. The Kier molecular flexibility index (Phi) is 2.70. The summed E-state index contributed by atoms with van der Waals surface area (Å²) in [5.41, 5.74) is 1.00. The summed E-state index contributed by atoms with van der Waals surface area (Å²) in [5, 5.41) is 6.39. The molecule has 3 rings (SSSR count). The maximum atomic E-state index is 12.2. The molecule has 106 valence electrons. The molecule has 2 saturated carbocycles. The van der Waals surface area contributed by atoms with Gasteiger partial charge in [-0.05, 0) is 43.4 Å². The maximum absolute atomic E-state index is 12.2. The molecule has 1 aliphatic heterocycles. The summed E-state index contributed by atoms with van der Waals surface area (Å²) >= 11 is 0. The van der Waals surface area contributed by atoms with Gasteiger partial charge in [-0.2, -0.15) is 10.1 Å². The number of nitrogens with zero attached hydrogens (tertiary/aromatic N) is 2. The predicted octanol–water partition coefficient (Wildman–Crippen LogP) is 3.56. The topological polar surface area (TPSA) is 41.9 Å². The molecule has 2 aliphatic carbocycles. The van der Waals surface area contributed by atoms with Gasteiger partial charge in [0, 0.05) is 5.71 Å². The molecular weight excluding hydrogens is 240 g/mol. The van der Waals surface area contributed by atoms with Crippen molar-refractivity contribution in [3.05, 3.63) is 0 Å². The molecule has 4 heteroatoms. The average Bonchev–Trinajstić information content (AvgIpc) is 2.88. The van der Waals surface area contributed by atoms with Crippen LogP contribution in [0.2, 0.25) is 0 Å². The monoisotopic (exact) mass is 264 g/mol. The number of hydrazone groups is 1. The van der Waals surface area contributed by atoms with E-state index in [9.17, 15) is 4.79 Å². The number of carbonyl (C=O) groups excluding carboxylic acids is 1. The lowest BCUT2D eigenvalue weighted by Gasteiger charge is -2.39. The van der Waals surface area contributed by atoms with Crippen molar-refractivity contribution in [2.24, 2.45) is 16.4 Å². The van der Waals surface area contributed by atoms with Crippen molar-refractivity contribution >= 4 is 11.8 Å². The molecular formula is C15H24N2O2. The summed E-state index contributed by atoms with van der Waals surface area (Å²) in [6.45, 7) is 8.76. The van der Waals surface area contributed by atoms with Crippen LogP contribution in [0.5, 0.6) is 0 Å². The van der Waals surface area contributed by atoms with Crippen molar-refractivity contribution in [1.29, 1.82) is 0 Å². The first-order valence-corrected chi connectivity index (χ1v) is 7.54. The van der Waals surface area contributed by atoms with Gasteiger partial charge in [0.2, 0.25) is 0 Å². The molecule has 19 heavy (non-hydrogen) atoms. The minimum atomic E-state index is -0.238. The smallest absolute Gasteiger partial charge is 0.431 e. The van der Waals surface area contributed by atoms with Gasteiger partial charge in [0.05, 0.1) is 0 Å². The zero-order valence-electron chi connectivity index (χ0n) is 12.4. The molecule has 1 amide bonds. The van der Waals surface area contributed by atoms with E-state index in [2.05, 4.69) is 32.8 Å². The lowest BCUT2D eigenvalue weighted by Crippen LogP contribution is -2.53. The van der Waals surface area contributed by atoms with Gasteiger partial charge < -0.3 is 4.74 Å². The Labute approximate surface area is 115 Å². The third kappa shape index (κ3) is 1.40. The number of amides is 1. The highest BCUT2D eigenvalue weighted by atomic mass is 16.6. The zero-order chi connectivity index (χ0) is 13.8. The molecule has 0 N–H and O–H groups in total. The molecule has 2 bridgehead atoms. The molecule has 1 spiro atoms. The van der Waals surface area contributed by atoms with Gasteiger partial charge in [-0.1, -0.05) is 27.7 Å². The Morgan fingerprint density at radius 1 is 1.42 bits per heavy atom. The van der Waals surface area contributed by atoms with E-state index < -0.39 is 0 Å². The fourth-order valence-corrected chi connectivity index (χ4v) is 4.53. The van der Waals surface area contributed by atoms with Crippen LogP contribution in [0, 0.1) is 11.3 Å². The normalized spacial score (nSPS) is 38.3. The molecule has 3 aliphatic rings. The van der Waals surface area contributed by atoms with Crippen LogP contribution < -0.4 is 0 Å². The van der Waals surface area contributed by atoms with Crippen molar-refractivity contribution in [2.75, 3.05) is 0 Å². The van der Waals surface area contributed by atoms with Gasteiger partial charge >= 0.3 is 6.09 Å². The standard InChI is InChI=1S/C15H24N2O2/c1-5-11(6-2)16-17-13(18)19-12-9-10-7-8-15(12,17)14(10,3)4/h10,12H,5-9H2,1-4H3. The van der Waals surface area contributed by atoms with E-state index in [1.54, 1.807) is 5.01 Å². The number of ether oxygens (including phenoxy) is 1. The average molecular weight is 264 g/mol. The molecule has 4 nitrogen and oxygen atoms in total. The van der Waals surface area contributed by atoms with E-state index in [-0.39, 0.29) is 23.2 Å². The molecule has 1 heterocycles. The highest BCUT2D eigenvalue weighted by Crippen LogP contribution is 2.65. The SMILES string of the molecule is CCC(CC)=NN1C(=O)OC2CC3CCC21C3(C)C. The van der Waals surface area contributed by atoms with Gasteiger partial charge in [0.1, 0.15) is 11.6 Å². The van der Waals surface area contributed by atoms with Crippen LogP contribution >= 0.6 is 0 Å². The van der Waals surface area contributed by atoms with Gasteiger partial charge in [-0.25, -0.2) is 4.79 Å². The first-order valence-electron chi connectivity index (χ1n) is 7.54. The van der Waals surface area contributed by atoms with Crippen LogP contribution in [0.3, 0.4) is 0 Å². The van der Waals surface area contributed by atoms with E-state index in [1.807, 2.05) is 0 Å². The minimum absolute atomic E-state index is 0.0486. The fourth-order valence-electron chi connectivity index (χ4n) is 4.53. The second kappa shape index (κ2) is 3.97.